The zero-order chi connectivity index (χ0) is 27.2. The van der Waals surface area contributed by atoms with Gasteiger partial charge in [0, 0.05) is 27.0 Å². The highest BCUT2D eigenvalue weighted by Gasteiger charge is 2.30. The minimum atomic E-state index is -4.60. The number of carbonyl (C=O) groups is 2. The van der Waals surface area contributed by atoms with Gasteiger partial charge in [0.15, 0.2) is 6.61 Å². The molecular weight excluding hydrogens is 530 g/mol. The van der Waals surface area contributed by atoms with Gasteiger partial charge in [-0.3, -0.25) is 9.59 Å². The van der Waals surface area contributed by atoms with Crippen LogP contribution >= 0.6 is 23.2 Å². The Kier molecular flexibility index (Phi) is 8.81. The van der Waals surface area contributed by atoms with Crippen LogP contribution in [0.15, 0.2) is 66.2 Å². The van der Waals surface area contributed by atoms with Gasteiger partial charge in [-0.25, -0.2) is 0 Å². The fraction of sp³-hybridized carbons (Fsp3) is 0.115. The fourth-order valence-corrected chi connectivity index (χ4v) is 3.41. The summed E-state index contributed by atoms with van der Waals surface area (Å²) in [5, 5.41) is 15.1. The van der Waals surface area contributed by atoms with Crippen LogP contribution in [0.1, 0.15) is 16.7 Å². The minimum Gasteiger partial charge on any atom is -0.483 e. The predicted molar refractivity (Wildman–Crippen MR) is 135 cm³/mol. The number of halogens is 5. The van der Waals surface area contributed by atoms with E-state index in [0.29, 0.717) is 10.7 Å². The average Bonchev–Trinajstić information content (AvgIpc) is 2.83. The van der Waals surface area contributed by atoms with Crippen molar-refractivity contribution in [3.05, 3.63) is 93.0 Å². The van der Waals surface area contributed by atoms with E-state index in [-0.39, 0.29) is 22.0 Å². The molecule has 2 N–H and O–H groups in total. The molecule has 0 saturated carbocycles. The summed E-state index contributed by atoms with van der Waals surface area (Å²) in [7, 11) is 0. The number of aryl methyl sites for hydroxylation is 1. The number of anilines is 2. The van der Waals surface area contributed by atoms with E-state index in [1.54, 1.807) is 24.3 Å². The fourth-order valence-electron chi connectivity index (χ4n) is 3.05. The van der Waals surface area contributed by atoms with Crippen LogP contribution < -0.4 is 15.4 Å². The molecule has 0 spiro atoms. The summed E-state index contributed by atoms with van der Waals surface area (Å²) in [4.78, 5) is 24.9. The maximum atomic E-state index is 12.9. The minimum absolute atomic E-state index is 0.140. The van der Waals surface area contributed by atoms with Gasteiger partial charge in [0.25, 0.3) is 11.8 Å². The summed E-state index contributed by atoms with van der Waals surface area (Å²) >= 11 is 12.1. The van der Waals surface area contributed by atoms with E-state index in [2.05, 4.69) is 10.6 Å². The Morgan fingerprint density at radius 2 is 1.76 bits per heavy atom. The lowest BCUT2D eigenvalue weighted by Gasteiger charge is -2.12. The van der Waals surface area contributed by atoms with Gasteiger partial charge in [-0.1, -0.05) is 35.3 Å². The summed E-state index contributed by atoms with van der Waals surface area (Å²) in [6.07, 6.45) is -3.44. The second-order valence-corrected chi connectivity index (χ2v) is 8.53. The number of hydrogen-bond acceptors (Lipinski definition) is 4. The highest BCUT2D eigenvalue weighted by Crippen LogP contribution is 2.31. The first-order valence-electron chi connectivity index (χ1n) is 10.5. The quantitative estimate of drug-likeness (QED) is 0.249. The standard InChI is InChI=1S/C26H18Cl2F3N3O3/c1-15-5-7-21(12-22(15)28)33-24(35)14-37-23-8-6-19(27)10-16(23)9-17(13-32)25(36)34-20-4-2-3-18(11-20)26(29,30)31/h2-12H,14H2,1H3,(H,33,35)(H,34,36)/b17-9+. The number of nitrogens with one attached hydrogen (secondary N) is 2. The lowest BCUT2D eigenvalue weighted by molar-refractivity contribution is -0.137. The van der Waals surface area contributed by atoms with Crippen molar-refractivity contribution in [2.24, 2.45) is 0 Å². The molecule has 0 atom stereocenters. The van der Waals surface area contributed by atoms with Crippen molar-refractivity contribution in [2.45, 2.75) is 13.1 Å². The Labute approximate surface area is 220 Å². The molecule has 3 aromatic carbocycles. The van der Waals surface area contributed by atoms with Crippen molar-refractivity contribution >= 4 is 52.5 Å². The molecule has 0 aliphatic carbocycles. The van der Waals surface area contributed by atoms with Crippen LogP contribution in [-0.2, 0) is 15.8 Å². The van der Waals surface area contributed by atoms with E-state index in [9.17, 15) is 28.0 Å². The van der Waals surface area contributed by atoms with E-state index in [4.69, 9.17) is 27.9 Å². The molecule has 3 aromatic rings. The Bertz CT molecular complexity index is 1420. The molecule has 0 fully saturated rings. The van der Waals surface area contributed by atoms with Gasteiger partial charge in [0.05, 0.1) is 5.56 Å². The molecule has 190 valence electrons. The zero-order valence-corrected chi connectivity index (χ0v) is 20.6. The largest absolute Gasteiger partial charge is 0.483 e. The molecule has 0 aliphatic heterocycles. The number of nitrogens with zero attached hydrogens (tertiary/aromatic N) is 1. The number of hydrogen-bond donors (Lipinski definition) is 2. The van der Waals surface area contributed by atoms with Crippen LogP contribution in [0.5, 0.6) is 5.75 Å². The third-order valence-corrected chi connectivity index (χ3v) is 5.54. The summed E-state index contributed by atoms with van der Waals surface area (Å²) in [6, 6.07) is 15.1. The van der Waals surface area contributed by atoms with Crippen molar-refractivity contribution in [2.75, 3.05) is 17.2 Å². The summed E-state index contributed by atoms with van der Waals surface area (Å²) in [6.45, 7) is 1.41. The van der Waals surface area contributed by atoms with Crippen LogP contribution in [0, 0.1) is 18.3 Å². The molecule has 0 heterocycles. The Morgan fingerprint density at radius 1 is 1.03 bits per heavy atom. The van der Waals surface area contributed by atoms with E-state index in [1.165, 1.54) is 24.3 Å². The molecular formula is C26H18Cl2F3N3O3. The molecule has 2 amide bonds. The summed E-state index contributed by atoms with van der Waals surface area (Å²) in [5.74, 6) is -1.30. The molecule has 0 aromatic heterocycles. The summed E-state index contributed by atoms with van der Waals surface area (Å²) in [5.41, 5.74) is -0.00372. The first-order chi connectivity index (χ1) is 17.5. The number of rotatable bonds is 7. The van der Waals surface area contributed by atoms with E-state index >= 15 is 0 Å². The van der Waals surface area contributed by atoms with E-state index < -0.39 is 35.7 Å². The van der Waals surface area contributed by atoms with Crippen LogP contribution in [0.4, 0.5) is 24.5 Å². The maximum absolute atomic E-state index is 12.9. The number of ether oxygens (including phenoxy) is 1. The number of benzene rings is 3. The predicted octanol–water partition coefficient (Wildman–Crippen LogP) is 6.88. The van der Waals surface area contributed by atoms with Crippen molar-refractivity contribution in [3.8, 4) is 11.8 Å². The molecule has 0 bridgehead atoms. The van der Waals surface area contributed by atoms with Crippen molar-refractivity contribution in [1.82, 2.24) is 0 Å². The molecule has 0 aliphatic rings. The van der Waals surface area contributed by atoms with E-state index in [0.717, 1.165) is 29.8 Å². The number of amides is 2. The van der Waals surface area contributed by atoms with Gasteiger partial charge < -0.3 is 15.4 Å². The van der Waals surface area contributed by atoms with Crippen molar-refractivity contribution < 1.29 is 27.5 Å². The lowest BCUT2D eigenvalue weighted by atomic mass is 10.1. The molecule has 37 heavy (non-hydrogen) atoms. The smallest absolute Gasteiger partial charge is 0.416 e. The SMILES string of the molecule is Cc1ccc(NC(=O)COc2ccc(Cl)cc2/C=C(\C#N)C(=O)Nc2cccc(C(F)(F)F)c2)cc1Cl. The van der Waals surface area contributed by atoms with Gasteiger partial charge in [-0.2, -0.15) is 18.4 Å². The number of carbonyl (C=O) groups excluding carboxylic acids is 2. The molecule has 11 heteroatoms. The number of alkyl halides is 3. The Balaban J connectivity index is 1.76. The topological polar surface area (TPSA) is 91.2 Å². The first-order valence-corrected chi connectivity index (χ1v) is 11.3. The van der Waals surface area contributed by atoms with Gasteiger partial charge in [-0.05, 0) is 67.1 Å². The lowest BCUT2D eigenvalue weighted by Crippen LogP contribution is -2.20. The Hall–Kier alpha value is -4.00. The molecule has 0 unspecified atom stereocenters. The summed E-state index contributed by atoms with van der Waals surface area (Å²) < 4.78 is 44.4. The van der Waals surface area contributed by atoms with Crippen molar-refractivity contribution in [3.63, 3.8) is 0 Å². The average molecular weight is 548 g/mol. The van der Waals surface area contributed by atoms with E-state index in [1.807, 2.05) is 6.92 Å². The van der Waals surface area contributed by atoms with Gasteiger partial charge in [0.2, 0.25) is 0 Å². The second kappa shape index (κ2) is 11.8. The zero-order valence-electron chi connectivity index (χ0n) is 19.1. The maximum Gasteiger partial charge on any atom is 0.416 e. The second-order valence-electron chi connectivity index (χ2n) is 7.69. The van der Waals surface area contributed by atoms with Crippen LogP contribution in [0.2, 0.25) is 10.0 Å². The molecule has 3 rings (SSSR count). The van der Waals surface area contributed by atoms with Gasteiger partial charge in [-0.15, -0.1) is 0 Å². The van der Waals surface area contributed by atoms with Crippen molar-refractivity contribution in [1.29, 1.82) is 5.26 Å². The normalized spacial score (nSPS) is 11.4. The monoisotopic (exact) mass is 547 g/mol. The highest BCUT2D eigenvalue weighted by molar-refractivity contribution is 6.31. The van der Waals surface area contributed by atoms with Gasteiger partial charge in [0.1, 0.15) is 17.4 Å². The third-order valence-electron chi connectivity index (χ3n) is 4.90. The van der Waals surface area contributed by atoms with Gasteiger partial charge >= 0.3 is 6.18 Å². The van der Waals surface area contributed by atoms with Crippen LogP contribution in [-0.4, -0.2) is 18.4 Å². The number of nitriles is 1. The van der Waals surface area contributed by atoms with Crippen LogP contribution in [0.3, 0.4) is 0 Å². The first kappa shape index (κ1) is 27.6. The third kappa shape index (κ3) is 7.74. The molecule has 0 radical (unpaired) electrons. The highest BCUT2D eigenvalue weighted by atomic mass is 35.5. The van der Waals surface area contributed by atoms with Crippen LogP contribution in [0.25, 0.3) is 6.08 Å². The Morgan fingerprint density at radius 3 is 2.43 bits per heavy atom. The molecule has 0 saturated heterocycles. The molecule has 6 nitrogen and oxygen atoms in total.